The van der Waals surface area contributed by atoms with E-state index in [4.69, 9.17) is 9.47 Å². The Kier molecular flexibility index (Phi) is 6.88. The maximum absolute atomic E-state index is 14.0. The molecule has 37 heavy (non-hydrogen) atoms. The molecule has 3 heterocycles. The first-order valence-electron chi connectivity index (χ1n) is 13.5. The van der Waals surface area contributed by atoms with Gasteiger partial charge in [0.1, 0.15) is 0 Å². The molecule has 0 saturated carbocycles. The molecule has 1 N–H and O–H groups in total. The van der Waals surface area contributed by atoms with Gasteiger partial charge in [-0.15, -0.1) is 0 Å². The number of H-pyrrole nitrogens is 1. The van der Waals surface area contributed by atoms with Crippen molar-refractivity contribution in [3.05, 3.63) is 59.3 Å². The summed E-state index contributed by atoms with van der Waals surface area (Å²) in [6.45, 7) is 7.90. The fraction of sp³-hybridized carbons (Fsp3) is 0.467. The number of aromatic nitrogens is 1. The fourth-order valence-corrected chi connectivity index (χ4v) is 5.94. The van der Waals surface area contributed by atoms with E-state index in [2.05, 4.69) is 31.0 Å². The number of unbranched alkanes of at least 4 members (excludes halogenated alkanes) is 2. The topological polar surface area (TPSA) is 74.9 Å². The summed E-state index contributed by atoms with van der Waals surface area (Å²) < 4.78 is 11.6. The summed E-state index contributed by atoms with van der Waals surface area (Å²) in [6, 6.07) is 14.2. The van der Waals surface area contributed by atoms with E-state index in [0.29, 0.717) is 31.2 Å². The molecule has 2 aromatic carbocycles. The number of ether oxygens (including phenoxy) is 2. The molecule has 2 atom stereocenters. The first-order chi connectivity index (χ1) is 17.9. The number of rotatable bonds is 9. The largest absolute Gasteiger partial charge is 0.493 e. The predicted octanol–water partition coefficient (Wildman–Crippen LogP) is 5.19. The zero-order valence-electron chi connectivity index (χ0n) is 22.3. The second kappa shape index (κ2) is 10.1. The van der Waals surface area contributed by atoms with E-state index in [1.165, 1.54) is 0 Å². The van der Waals surface area contributed by atoms with Gasteiger partial charge >= 0.3 is 0 Å². The van der Waals surface area contributed by atoms with Crippen molar-refractivity contribution >= 4 is 22.7 Å². The smallest absolute Gasteiger partial charge is 0.254 e. The third kappa shape index (κ3) is 4.14. The van der Waals surface area contributed by atoms with E-state index in [0.717, 1.165) is 53.4 Å². The molecule has 1 fully saturated rings. The van der Waals surface area contributed by atoms with Crippen LogP contribution in [-0.2, 0) is 15.1 Å². The van der Waals surface area contributed by atoms with Crippen molar-refractivity contribution < 1.29 is 19.1 Å². The van der Waals surface area contributed by atoms with Crippen LogP contribution in [0.15, 0.2) is 42.5 Å². The number of piperazine rings is 1. The Morgan fingerprint density at radius 3 is 2.62 bits per heavy atom. The van der Waals surface area contributed by atoms with Gasteiger partial charge in [-0.3, -0.25) is 9.59 Å². The summed E-state index contributed by atoms with van der Waals surface area (Å²) >= 11 is 0. The predicted molar refractivity (Wildman–Crippen MR) is 144 cm³/mol. The lowest BCUT2D eigenvalue weighted by Crippen LogP contribution is -2.67. The number of para-hydroxylation sites is 1. The lowest BCUT2D eigenvalue weighted by atomic mass is 9.76. The van der Waals surface area contributed by atoms with Crippen molar-refractivity contribution in [1.82, 2.24) is 14.8 Å². The van der Waals surface area contributed by atoms with Crippen molar-refractivity contribution in [3.8, 4) is 11.5 Å². The monoisotopic (exact) mass is 503 g/mol. The van der Waals surface area contributed by atoms with Gasteiger partial charge in [-0.1, -0.05) is 51.0 Å². The number of fused-ring (bicyclic) bond motifs is 5. The molecule has 7 nitrogen and oxygen atoms in total. The molecule has 2 aliphatic rings. The Labute approximate surface area is 218 Å². The van der Waals surface area contributed by atoms with Crippen LogP contribution in [0.5, 0.6) is 11.5 Å². The van der Waals surface area contributed by atoms with Crippen LogP contribution < -0.4 is 9.47 Å². The maximum Gasteiger partial charge on any atom is 0.254 e. The molecule has 1 aromatic heterocycles. The lowest BCUT2D eigenvalue weighted by molar-refractivity contribution is -0.166. The molecule has 0 bridgehead atoms. The highest BCUT2D eigenvalue weighted by molar-refractivity contribution is 6.01. The average Bonchev–Trinajstić information content (AvgIpc) is 3.31. The van der Waals surface area contributed by atoms with Crippen molar-refractivity contribution in [2.75, 3.05) is 33.4 Å². The summed E-state index contributed by atoms with van der Waals surface area (Å²) in [6.07, 6.45) is 3.92. The second-order valence-corrected chi connectivity index (χ2v) is 10.3. The molecule has 0 aliphatic carbocycles. The quantitative estimate of drug-likeness (QED) is 0.408. The Balaban J connectivity index is 1.63. The van der Waals surface area contributed by atoms with E-state index in [1.54, 1.807) is 16.9 Å². The molecular weight excluding hydrogens is 466 g/mol. The summed E-state index contributed by atoms with van der Waals surface area (Å²) in [5, 5.41) is 1.08. The van der Waals surface area contributed by atoms with Crippen LogP contribution in [0, 0.1) is 0 Å². The molecule has 196 valence electrons. The second-order valence-electron chi connectivity index (χ2n) is 10.3. The third-order valence-electron chi connectivity index (χ3n) is 7.90. The minimum atomic E-state index is -1.07. The van der Waals surface area contributed by atoms with Gasteiger partial charge in [-0.25, -0.2) is 0 Å². The van der Waals surface area contributed by atoms with Crippen LogP contribution >= 0.6 is 0 Å². The minimum Gasteiger partial charge on any atom is -0.493 e. The van der Waals surface area contributed by atoms with Crippen LogP contribution in [0.2, 0.25) is 0 Å². The number of hydrogen-bond donors (Lipinski definition) is 1. The summed E-state index contributed by atoms with van der Waals surface area (Å²) in [5.74, 6) is 1.25. The molecule has 5 rings (SSSR count). The van der Waals surface area contributed by atoms with E-state index in [9.17, 15) is 9.59 Å². The Hall–Kier alpha value is -3.48. The van der Waals surface area contributed by atoms with Crippen LogP contribution in [0.4, 0.5) is 0 Å². The van der Waals surface area contributed by atoms with Crippen molar-refractivity contribution in [1.29, 1.82) is 0 Å². The zero-order chi connectivity index (χ0) is 26.2. The van der Waals surface area contributed by atoms with Gasteiger partial charge in [0, 0.05) is 29.9 Å². The molecule has 2 amide bonds. The van der Waals surface area contributed by atoms with Gasteiger partial charge in [0.15, 0.2) is 17.0 Å². The Morgan fingerprint density at radius 1 is 1.05 bits per heavy atom. The van der Waals surface area contributed by atoms with Gasteiger partial charge in [-0.2, -0.15) is 0 Å². The van der Waals surface area contributed by atoms with E-state index >= 15 is 0 Å². The molecule has 7 heteroatoms. The van der Waals surface area contributed by atoms with Gasteiger partial charge in [0.2, 0.25) is 5.91 Å². The molecular formula is C30H37N3O4. The van der Waals surface area contributed by atoms with Gasteiger partial charge < -0.3 is 24.3 Å². The molecule has 1 saturated heterocycles. The SMILES string of the molecule is CCCCCN1CC(=O)N2CC(c3ccc(OCCC)c(OC)c3)c3c([nH]c4ccccc34)C2(C)C1=O. The van der Waals surface area contributed by atoms with Crippen LogP contribution in [-0.4, -0.2) is 59.9 Å². The zero-order valence-corrected chi connectivity index (χ0v) is 22.3. The van der Waals surface area contributed by atoms with E-state index < -0.39 is 5.54 Å². The minimum absolute atomic E-state index is 0.00430. The van der Waals surface area contributed by atoms with Crippen molar-refractivity contribution in [2.45, 2.75) is 57.9 Å². The van der Waals surface area contributed by atoms with Gasteiger partial charge in [0.25, 0.3) is 5.91 Å². The highest BCUT2D eigenvalue weighted by atomic mass is 16.5. The molecule has 3 aromatic rings. The first-order valence-corrected chi connectivity index (χ1v) is 13.5. The summed E-state index contributed by atoms with van der Waals surface area (Å²) in [5.41, 5.74) is 2.82. The molecule has 2 aliphatic heterocycles. The number of carbonyl (C=O) groups excluding carboxylic acids is 2. The Bertz CT molecular complexity index is 1320. The summed E-state index contributed by atoms with van der Waals surface area (Å²) in [4.78, 5) is 34.7. The number of carbonyl (C=O) groups is 2. The Morgan fingerprint density at radius 2 is 1.86 bits per heavy atom. The third-order valence-corrected chi connectivity index (χ3v) is 7.90. The van der Waals surface area contributed by atoms with E-state index in [-0.39, 0.29) is 24.3 Å². The number of nitrogens with one attached hydrogen (secondary N) is 1. The number of benzene rings is 2. The number of amides is 2. The molecule has 2 unspecified atom stereocenters. The molecule has 0 spiro atoms. The summed E-state index contributed by atoms with van der Waals surface area (Å²) in [7, 11) is 1.65. The number of nitrogens with zero attached hydrogens (tertiary/aromatic N) is 2. The highest BCUT2D eigenvalue weighted by Crippen LogP contribution is 2.49. The van der Waals surface area contributed by atoms with Gasteiger partial charge in [-0.05, 0) is 49.1 Å². The first kappa shape index (κ1) is 25.2. The van der Waals surface area contributed by atoms with Gasteiger partial charge in [0.05, 0.1) is 26.0 Å². The highest BCUT2D eigenvalue weighted by Gasteiger charge is 2.56. The lowest BCUT2D eigenvalue weighted by Gasteiger charge is -2.51. The normalized spacial score (nSPS) is 21.2. The average molecular weight is 504 g/mol. The maximum atomic E-state index is 14.0. The van der Waals surface area contributed by atoms with E-state index in [1.807, 2.05) is 37.3 Å². The number of hydrogen-bond acceptors (Lipinski definition) is 4. The number of aromatic amines is 1. The standard InChI is InChI=1S/C30H37N3O4/c1-5-7-10-15-32-19-26(34)33-18-22(20-13-14-24(37-16-6-2)25(17-20)36-4)27-21-11-8-9-12-23(21)31-28(27)30(33,3)29(32)35/h8-9,11-14,17,22,31H,5-7,10,15-16,18-19H2,1-4H3. The van der Waals surface area contributed by atoms with Crippen LogP contribution in [0.3, 0.4) is 0 Å². The van der Waals surface area contributed by atoms with Crippen LogP contribution in [0.25, 0.3) is 10.9 Å². The molecule has 0 radical (unpaired) electrons. The van der Waals surface area contributed by atoms with Crippen LogP contribution in [0.1, 0.15) is 69.2 Å². The fourth-order valence-electron chi connectivity index (χ4n) is 5.94. The van der Waals surface area contributed by atoms with Crippen molar-refractivity contribution in [3.63, 3.8) is 0 Å². The van der Waals surface area contributed by atoms with Crippen molar-refractivity contribution in [2.24, 2.45) is 0 Å². The number of methoxy groups -OCH3 is 1.